The molecule has 1 aromatic heterocycles. The van der Waals surface area contributed by atoms with Gasteiger partial charge in [-0.25, -0.2) is 4.79 Å². The van der Waals surface area contributed by atoms with E-state index in [2.05, 4.69) is 44.2 Å². The molecule has 3 heterocycles. The minimum absolute atomic E-state index is 0.181. The van der Waals surface area contributed by atoms with Crippen molar-refractivity contribution in [3.8, 4) is 11.5 Å². The topological polar surface area (TPSA) is 88.1 Å². The normalized spacial score (nSPS) is 19.1. The van der Waals surface area contributed by atoms with E-state index >= 15 is 0 Å². The maximum atomic E-state index is 13.6. The summed E-state index contributed by atoms with van der Waals surface area (Å²) in [4.78, 5) is 30.4. The summed E-state index contributed by atoms with van der Waals surface area (Å²) in [7, 11) is 5.43. The number of carbonyl (C=O) groups is 2. The van der Waals surface area contributed by atoms with E-state index in [1.54, 1.807) is 32.4 Å². The highest BCUT2D eigenvalue weighted by molar-refractivity contribution is 6.16. The highest BCUT2D eigenvalue weighted by Crippen LogP contribution is 2.43. The molecule has 2 amide bonds. The van der Waals surface area contributed by atoms with Gasteiger partial charge < -0.3 is 29.6 Å². The molecule has 0 radical (unpaired) electrons. The van der Waals surface area contributed by atoms with E-state index in [1.807, 2.05) is 12.1 Å². The Morgan fingerprint density at radius 3 is 2.59 bits per heavy atom. The second kappa shape index (κ2) is 11.6. The van der Waals surface area contributed by atoms with E-state index in [9.17, 15) is 9.59 Å². The minimum atomic E-state index is -0.341. The molecule has 0 unspecified atom stereocenters. The van der Waals surface area contributed by atoms with Gasteiger partial charge in [0, 0.05) is 74.2 Å². The van der Waals surface area contributed by atoms with Crippen molar-refractivity contribution in [2.75, 3.05) is 59.2 Å². The molecule has 0 spiro atoms. The number of nitrogens with zero attached hydrogens (tertiary/aromatic N) is 3. The summed E-state index contributed by atoms with van der Waals surface area (Å²) < 4.78 is 14.3. The van der Waals surface area contributed by atoms with E-state index in [0.29, 0.717) is 28.7 Å². The van der Waals surface area contributed by atoms with Crippen molar-refractivity contribution in [1.82, 2.24) is 19.7 Å². The van der Waals surface area contributed by atoms with Crippen LogP contribution in [0, 0.1) is 0 Å². The number of hydrogen-bond acceptors (Lipinski definition) is 6. The van der Waals surface area contributed by atoms with E-state index in [4.69, 9.17) is 9.47 Å². The SMILES string of the molecule is CNC(=O)Nc1ccc2c(c1)C(=O)/C(=C/c1c(C3CCCC3)n(CCN3CCN(C)CC3)c3ccc(OC)cc13)O2. The van der Waals surface area contributed by atoms with Crippen molar-refractivity contribution in [1.29, 1.82) is 0 Å². The molecule has 3 aromatic rings. The number of benzene rings is 2. The number of urea groups is 1. The molecule has 2 fully saturated rings. The number of methoxy groups -OCH3 is 1. The van der Waals surface area contributed by atoms with Gasteiger partial charge in [-0.2, -0.15) is 0 Å². The van der Waals surface area contributed by atoms with Crippen molar-refractivity contribution < 1.29 is 19.1 Å². The van der Waals surface area contributed by atoms with E-state index < -0.39 is 0 Å². The van der Waals surface area contributed by atoms with Crippen LogP contribution in [-0.4, -0.2) is 80.1 Å². The van der Waals surface area contributed by atoms with Gasteiger partial charge >= 0.3 is 6.03 Å². The number of fused-ring (bicyclic) bond motifs is 2. The number of nitrogens with one attached hydrogen (secondary N) is 2. The van der Waals surface area contributed by atoms with Crippen LogP contribution < -0.4 is 20.1 Å². The van der Waals surface area contributed by atoms with Gasteiger partial charge in [0.25, 0.3) is 0 Å². The molecule has 1 saturated carbocycles. The van der Waals surface area contributed by atoms with Crippen molar-refractivity contribution in [3.05, 3.63) is 59.0 Å². The van der Waals surface area contributed by atoms with Gasteiger partial charge in [0.2, 0.25) is 5.78 Å². The van der Waals surface area contributed by atoms with Crippen LogP contribution in [0.25, 0.3) is 17.0 Å². The Bertz CT molecular complexity index is 1500. The number of ether oxygens (including phenoxy) is 2. The van der Waals surface area contributed by atoms with Crippen molar-refractivity contribution in [3.63, 3.8) is 0 Å². The molecule has 9 nitrogen and oxygen atoms in total. The van der Waals surface area contributed by atoms with Crippen LogP contribution in [0.15, 0.2) is 42.2 Å². The second-order valence-corrected chi connectivity index (χ2v) is 11.3. The molecular weight excluding hydrogens is 518 g/mol. The van der Waals surface area contributed by atoms with Gasteiger partial charge in [-0.15, -0.1) is 0 Å². The van der Waals surface area contributed by atoms with Crippen LogP contribution >= 0.6 is 0 Å². The molecule has 0 bridgehead atoms. The van der Waals surface area contributed by atoms with Crippen LogP contribution in [0.5, 0.6) is 11.5 Å². The van der Waals surface area contributed by atoms with Gasteiger partial charge in [-0.3, -0.25) is 9.69 Å². The third-order valence-corrected chi connectivity index (χ3v) is 8.76. The van der Waals surface area contributed by atoms with Crippen LogP contribution in [0.3, 0.4) is 0 Å². The quantitative estimate of drug-likeness (QED) is 0.401. The summed E-state index contributed by atoms with van der Waals surface area (Å²) in [5.41, 5.74) is 4.49. The minimum Gasteiger partial charge on any atom is -0.497 e. The van der Waals surface area contributed by atoms with Gasteiger partial charge in [0.15, 0.2) is 5.76 Å². The number of hydrogen-bond donors (Lipinski definition) is 2. The summed E-state index contributed by atoms with van der Waals surface area (Å²) in [5.74, 6) is 1.84. The first-order valence-electron chi connectivity index (χ1n) is 14.6. The molecule has 6 rings (SSSR count). The Kier molecular flexibility index (Phi) is 7.73. The largest absolute Gasteiger partial charge is 0.497 e. The monoisotopic (exact) mass is 557 g/mol. The molecule has 41 heavy (non-hydrogen) atoms. The number of piperazine rings is 1. The predicted octanol–water partition coefficient (Wildman–Crippen LogP) is 4.92. The number of anilines is 1. The average molecular weight is 558 g/mol. The molecule has 1 saturated heterocycles. The zero-order chi connectivity index (χ0) is 28.5. The molecule has 216 valence electrons. The zero-order valence-corrected chi connectivity index (χ0v) is 24.2. The van der Waals surface area contributed by atoms with E-state index in [1.165, 1.54) is 18.5 Å². The third-order valence-electron chi connectivity index (χ3n) is 8.76. The fourth-order valence-electron chi connectivity index (χ4n) is 6.44. The Morgan fingerprint density at radius 1 is 1.07 bits per heavy atom. The lowest BCUT2D eigenvalue weighted by molar-refractivity contribution is 0.101. The Labute approximate surface area is 241 Å². The highest BCUT2D eigenvalue weighted by atomic mass is 16.5. The Balaban J connectivity index is 1.41. The van der Waals surface area contributed by atoms with Crippen LogP contribution in [0.4, 0.5) is 10.5 Å². The predicted molar refractivity (Wildman–Crippen MR) is 161 cm³/mol. The maximum Gasteiger partial charge on any atom is 0.318 e. The lowest BCUT2D eigenvalue weighted by Crippen LogP contribution is -2.45. The lowest BCUT2D eigenvalue weighted by Gasteiger charge is -2.32. The first-order valence-corrected chi connectivity index (χ1v) is 14.6. The summed E-state index contributed by atoms with van der Waals surface area (Å²) >= 11 is 0. The molecular formula is C32H39N5O4. The fraction of sp³-hybridized carbons (Fsp3) is 0.438. The highest BCUT2D eigenvalue weighted by Gasteiger charge is 2.31. The lowest BCUT2D eigenvalue weighted by atomic mass is 9.97. The summed E-state index contributed by atoms with van der Waals surface area (Å²) in [6, 6.07) is 11.1. The van der Waals surface area contributed by atoms with Gasteiger partial charge in [0.1, 0.15) is 11.5 Å². The van der Waals surface area contributed by atoms with Crippen molar-refractivity contribution in [2.45, 2.75) is 38.1 Å². The molecule has 2 N–H and O–H groups in total. The maximum absolute atomic E-state index is 13.6. The van der Waals surface area contributed by atoms with Gasteiger partial charge in [-0.1, -0.05) is 12.8 Å². The number of aromatic nitrogens is 1. The third kappa shape index (κ3) is 5.44. The number of carbonyl (C=O) groups excluding carboxylic acids is 2. The van der Waals surface area contributed by atoms with Crippen LogP contribution in [0.1, 0.15) is 53.2 Å². The zero-order valence-electron chi connectivity index (χ0n) is 24.2. The summed E-state index contributed by atoms with van der Waals surface area (Å²) in [6.45, 7) is 6.23. The summed E-state index contributed by atoms with van der Waals surface area (Å²) in [6.07, 6.45) is 6.65. The second-order valence-electron chi connectivity index (χ2n) is 11.3. The van der Waals surface area contributed by atoms with Crippen LogP contribution in [0.2, 0.25) is 0 Å². The van der Waals surface area contributed by atoms with Crippen molar-refractivity contribution in [2.24, 2.45) is 0 Å². The first-order chi connectivity index (χ1) is 19.9. The Morgan fingerprint density at radius 2 is 1.85 bits per heavy atom. The number of rotatable bonds is 7. The number of allylic oxidation sites excluding steroid dienone is 1. The number of likely N-dealkylation sites (N-methyl/N-ethyl adjacent to an activating group) is 1. The van der Waals surface area contributed by atoms with E-state index in [-0.39, 0.29) is 11.8 Å². The standard InChI is InChI=1S/C32H39N5O4/c1-33-32(39)34-22-8-11-28-26(18-22)31(38)29(41-28)20-25-24-19-23(40-3)9-10-27(24)37(30(25)21-6-4-5-7-21)17-16-36-14-12-35(2)13-15-36/h8-11,18-21H,4-7,12-17H2,1-3H3,(H2,33,34,39)/b29-20-. The van der Waals surface area contributed by atoms with Gasteiger partial charge in [0.05, 0.1) is 12.7 Å². The fourth-order valence-corrected chi connectivity index (χ4v) is 6.44. The molecule has 2 aromatic carbocycles. The van der Waals surface area contributed by atoms with Crippen molar-refractivity contribution >= 4 is 34.5 Å². The number of Topliss-reactive ketones (excluding diaryl/α,β-unsaturated/α-hetero) is 1. The molecule has 9 heteroatoms. The molecule has 2 aliphatic heterocycles. The average Bonchev–Trinajstić information content (AvgIpc) is 3.70. The molecule has 3 aliphatic rings. The molecule has 1 aliphatic carbocycles. The number of amides is 2. The van der Waals surface area contributed by atoms with Gasteiger partial charge in [-0.05, 0) is 68.3 Å². The smallest absolute Gasteiger partial charge is 0.318 e. The first kappa shape index (κ1) is 27.4. The van der Waals surface area contributed by atoms with E-state index in [0.717, 1.165) is 74.3 Å². The van der Waals surface area contributed by atoms with Crippen LogP contribution in [-0.2, 0) is 6.54 Å². The number of ketones is 1. The molecule has 0 atom stereocenters. The summed E-state index contributed by atoms with van der Waals surface area (Å²) in [5, 5.41) is 6.34. The Hall–Kier alpha value is -3.82.